The van der Waals surface area contributed by atoms with Gasteiger partial charge in [0.25, 0.3) is 0 Å². The van der Waals surface area contributed by atoms with Crippen LogP contribution in [0, 0.1) is 6.92 Å². The number of halogens is 2. The molecule has 0 aliphatic carbocycles. The fraction of sp³-hybridized carbons (Fsp3) is 0.222. The maximum Gasteiger partial charge on any atom is 0.121 e. The Balaban J connectivity index is 2.12. The van der Waals surface area contributed by atoms with Gasteiger partial charge in [-0.3, -0.25) is 0 Å². The van der Waals surface area contributed by atoms with E-state index in [2.05, 4.69) is 36.7 Å². The molecule has 4 heteroatoms. The van der Waals surface area contributed by atoms with Crippen molar-refractivity contribution in [2.75, 3.05) is 7.11 Å². The van der Waals surface area contributed by atoms with Gasteiger partial charge in [0.2, 0.25) is 0 Å². The van der Waals surface area contributed by atoms with E-state index in [0.717, 1.165) is 16.8 Å². The second-order valence-corrected chi connectivity index (χ2v) is 6.26. The Hall–Kier alpha value is -1.64. The Morgan fingerprint density at radius 3 is 2.41 bits per heavy atom. The molecule has 0 amide bonds. The summed E-state index contributed by atoms with van der Waals surface area (Å²) in [7, 11) is 3.75. The Labute approximate surface area is 140 Å². The molecule has 0 unspecified atom stereocenters. The first-order chi connectivity index (χ1) is 10.5. The zero-order valence-electron chi connectivity index (χ0n) is 12.8. The molecule has 114 valence electrons. The largest absolute Gasteiger partial charge is 0.497 e. The predicted molar refractivity (Wildman–Crippen MR) is 93.5 cm³/mol. The minimum Gasteiger partial charge on any atom is -0.497 e. The molecule has 1 heterocycles. The van der Waals surface area contributed by atoms with Gasteiger partial charge in [-0.25, -0.2) is 0 Å². The molecule has 3 rings (SSSR count). The van der Waals surface area contributed by atoms with Crippen LogP contribution in [0.1, 0.15) is 16.8 Å². The zero-order valence-corrected chi connectivity index (χ0v) is 14.3. The van der Waals surface area contributed by atoms with E-state index in [1.807, 2.05) is 18.2 Å². The normalized spacial score (nSPS) is 11.1. The third kappa shape index (κ3) is 2.57. The van der Waals surface area contributed by atoms with Crippen LogP contribution in [0.5, 0.6) is 5.75 Å². The number of aromatic nitrogens is 1. The van der Waals surface area contributed by atoms with E-state index in [4.69, 9.17) is 27.9 Å². The third-order valence-electron chi connectivity index (χ3n) is 4.10. The van der Waals surface area contributed by atoms with Crippen molar-refractivity contribution in [3.8, 4) is 5.75 Å². The van der Waals surface area contributed by atoms with Gasteiger partial charge >= 0.3 is 0 Å². The number of hydrogen-bond donors (Lipinski definition) is 0. The lowest BCUT2D eigenvalue weighted by atomic mass is 10.1. The number of hydrogen-bond acceptors (Lipinski definition) is 1. The van der Waals surface area contributed by atoms with Crippen molar-refractivity contribution in [3.63, 3.8) is 0 Å². The summed E-state index contributed by atoms with van der Waals surface area (Å²) in [6.45, 7) is 2.09. The van der Waals surface area contributed by atoms with Crippen molar-refractivity contribution in [3.05, 3.63) is 63.3 Å². The van der Waals surface area contributed by atoms with Crippen LogP contribution in [-0.4, -0.2) is 11.7 Å². The monoisotopic (exact) mass is 333 g/mol. The molecule has 2 nitrogen and oxygen atoms in total. The molecule has 0 bridgehead atoms. The second kappa shape index (κ2) is 5.86. The van der Waals surface area contributed by atoms with E-state index in [-0.39, 0.29) is 0 Å². The van der Waals surface area contributed by atoms with Crippen molar-refractivity contribution in [2.45, 2.75) is 13.3 Å². The van der Waals surface area contributed by atoms with E-state index in [1.54, 1.807) is 7.11 Å². The Bertz CT molecular complexity index is 832. The molecule has 2 aromatic carbocycles. The number of nitrogens with zero attached hydrogens (tertiary/aromatic N) is 1. The smallest absolute Gasteiger partial charge is 0.121 e. The van der Waals surface area contributed by atoms with Crippen molar-refractivity contribution in [2.24, 2.45) is 7.05 Å². The summed E-state index contributed by atoms with van der Waals surface area (Å²) in [5.74, 6) is 0.869. The molecule has 0 spiro atoms. The molecule has 0 fully saturated rings. The first kappa shape index (κ1) is 15.3. The molecule has 0 atom stereocenters. The quantitative estimate of drug-likeness (QED) is 0.626. The summed E-state index contributed by atoms with van der Waals surface area (Å²) < 4.78 is 7.54. The Morgan fingerprint density at radius 1 is 1.09 bits per heavy atom. The van der Waals surface area contributed by atoms with Gasteiger partial charge in [0, 0.05) is 40.7 Å². The summed E-state index contributed by atoms with van der Waals surface area (Å²) >= 11 is 12.6. The van der Waals surface area contributed by atoms with Crippen molar-refractivity contribution >= 4 is 34.1 Å². The van der Waals surface area contributed by atoms with Gasteiger partial charge in [-0.05, 0) is 42.3 Å². The third-order valence-corrected chi connectivity index (χ3v) is 4.81. The molecule has 1 aromatic heterocycles. The number of methoxy groups -OCH3 is 1. The fourth-order valence-corrected chi connectivity index (χ4v) is 3.33. The van der Waals surface area contributed by atoms with Crippen LogP contribution in [0.15, 0.2) is 36.4 Å². The van der Waals surface area contributed by atoms with E-state index < -0.39 is 0 Å². The summed E-state index contributed by atoms with van der Waals surface area (Å²) in [5.41, 5.74) is 4.47. The maximum absolute atomic E-state index is 6.30. The van der Waals surface area contributed by atoms with Gasteiger partial charge in [-0.2, -0.15) is 0 Å². The maximum atomic E-state index is 6.30. The second-order valence-electron chi connectivity index (χ2n) is 5.45. The highest BCUT2D eigenvalue weighted by atomic mass is 35.5. The van der Waals surface area contributed by atoms with Crippen LogP contribution in [-0.2, 0) is 13.5 Å². The minimum atomic E-state index is 0.700. The van der Waals surface area contributed by atoms with Crippen LogP contribution in [0.3, 0.4) is 0 Å². The molecule has 0 N–H and O–H groups in total. The molecule has 0 aliphatic rings. The number of aryl methyl sites for hydroxylation is 2. The lowest BCUT2D eigenvalue weighted by Crippen LogP contribution is -1.98. The standard InChI is InChI=1S/C18H17Cl2NO/c1-11-7-13(22-3)10-18-14(11)8-12(21(18)2)9-15-16(19)5-4-6-17(15)20/h4-8,10H,9H2,1-3H3. The van der Waals surface area contributed by atoms with Crippen LogP contribution >= 0.6 is 23.2 Å². The Kier molecular flexibility index (Phi) is 4.07. The molecule has 0 saturated heterocycles. The van der Waals surface area contributed by atoms with E-state index >= 15 is 0 Å². The van der Waals surface area contributed by atoms with Crippen molar-refractivity contribution < 1.29 is 4.74 Å². The average Bonchev–Trinajstić information content (AvgIpc) is 2.80. The van der Waals surface area contributed by atoms with Crippen LogP contribution in [0.25, 0.3) is 10.9 Å². The Morgan fingerprint density at radius 2 is 1.77 bits per heavy atom. The molecular formula is C18H17Cl2NO. The molecule has 3 aromatic rings. The first-order valence-electron chi connectivity index (χ1n) is 7.07. The highest BCUT2D eigenvalue weighted by Crippen LogP contribution is 2.31. The number of rotatable bonds is 3. The van der Waals surface area contributed by atoms with Crippen molar-refractivity contribution in [1.29, 1.82) is 0 Å². The van der Waals surface area contributed by atoms with E-state index in [0.29, 0.717) is 16.5 Å². The number of benzene rings is 2. The van der Waals surface area contributed by atoms with Gasteiger partial charge in [0.05, 0.1) is 12.6 Å². The topological polar surface area (TPSA) is 14.2 Å². The van der Waals surface area contributed by atoms with E-state index in [1.165, 1.54) is 16.6 Å². The summed E-state index contributed by atoms with van der Waals surface area (Å²) in [4.78, 5) is 0. The number of ether oxygens (including phenoxy) is 1. The zero-order chi connectivity index (χ0) is 15.9. The van der Waals surface area contributed by atoms with Gasteiger partial charge in [-0.15, -0.1) is 0 Å². The lowest BCUT2D eigenvalue weighted by molar-refractivity contribution is 0.415. The number of fused-ring (bicyclic) bond motifs is 1. The van der Waals surface area contributed by atoms with Crippen LogP contribution < -0.4 is 4.74 Å². The molecule has 22 heavy (non-hydrogen) atoms. The van der Waals surface area contributed by atoms with Crippen molar-refractivity contribution in [1.82, 2.24) is 4.57 Å². The minimum absolute atomic E-state index is 0.700. The fourth-order valence-electron chi connectivity index (χ4n) is 2.80. The van der Waals surface area contributed by atoms with Crippen LogP contribution in [0.4, 0.5) is 0 Å². The predicted octanol–water partition coefficient (Wildman–Crippen LogP) is 5.39. The molecule has 0 aliphatic heterocycles. The first-order valence-corrected chi connectivity index (χ1v) is 7.82. The lowest BCUT2D eigenvalue weighted by Gasteiger charge is -2.09. The molecular weight excluding hydrogens is 317 g/mol. The summed E-state index contributed by atoms with van der Waals surface area (Å²) in [6.07, 6.45) is 0.700. The highest BCUT2D eigenvalue weighted by Gasteiger charge is 2.13. The summed E-state index contributed by atoms with van der Waals surface area (Å²) in [6, 6.07) is 11.9. The molecule has 0 saturated carbocycles. The van der Waals surface area contributed by atoms with Gasteiger partial charge in [-0.1, -0.05) is 29.3 Å². The highest BCUT2D eigenvalue weighted by molar-refractivity contribution is 6.36. The summed E-state index contributed by atoms with van der Waals surface area (Å²) in [5, 5.41) is 2.63. The van der Waals surface area contributed by atoms with Gasteiger partial charge in [0.15, 0.2) is 0 Å². The van der Waals surface area contributed by atoms with Crippen LogP contribution in [0.2, 0.25) is 10.0 Å². The van der Waals surface area contributed by atoms with Gasteiger partial charge in [0.1, 0.15) is 5.75 Å². The molecule has 0 radical (unpaired) electrons. The average molecular weight is 334 g/mol. The van der Waals surface area contributed by atoms with Gasteiger partial charge < -0.3 is 9.30 Å². The SMILES string of the molecule is COc1cc(C)c2cc(Cc3c(Cl)cccc3Cl)n(C)c2c1. The van der Waals surface area contributed by atoms with E-state index in [9.17, 15) is 0 Å².